The minimum Gasteiger partial charge on any atom is -0.451 e. The Bertz CT molecular complexity index is 1440. The van der Waals surface area contributed by atoms with E-state index in [0.29, 0.717) is 12.6 Å². The first kappa shape index (κ1) is 30.4. The van der Waals surface area contributed by atoms with E-state index in [1.807, 2.05) is 7.05 Å². The molecule has 13 nitrogen and oxygen atoms in total. The fourth-order valence-electron chi connectivity index (χ4n) is 5.20. The number of pyridine rings is 1. The lowest BCUT2D eigenvalue weighted by atomic mass is 10.1. The summed E-state index contributed by atoms with van der Waals surface area (Å²) in [6, 6.07) is 2.63. The minimum atomic E-state index is -1.02. The average Bonchev–Trinajstić information content (AvgIpc) is 3.35. The van der Waals surface area contributed by atoms with Gasteiger partial charge in [0.15, 0.2) is 11.9 Å². The molecule has 1 aromatic heterocycles. The van der Waals surface area contributed by atoms with Crippen molar-refractivity contribution >= 4 is 18.0 Å². The number of carbonyl (C=O) groups excluding carboxylic acids is 3. The molecule has 2 fully saturated rings. The molecule has 232 valence electrons. The normalized spacial score (nSPS) is 20.4. The first-order valence-corrected chi connectivity index (χ1v) is 13.9. The highest BCUT2D eigenvalue weighted by Gasteiger charge is 2.43. The Morgan fingerprint density at radius 1 is 1.12 bits per heavy atom. The van der Waals surface area contributed by atoms with Crippen molar-refractivity contribution in [3.05, 3.63) is 63.1 Å². The quantitative estimate of drug-likeness (QED) is 0.326. The van der Waals surface area contributed by atoms with Gasteiger partial charge in [-0.05, 0) is 20.0 Å². The highest BCUT2D eigenvalue weighted by Crippen LogP contribution is 2.30. The summed E-state index contributed by atoms with van der Waals surface area (Å²) in [6.45, 7) is 5.25. The van der Waals surface area contributed by atoms with Crippen molar-refractivity contribution < 1.29 is 42.1 Å². The summed E-state index contributed by atoms with van der Waals surface area (Å²) in [5.41, 5.74) is -1.46. The van der Waals surface area contributed by atoms with Gasteiger partial charge >= 0.3 is 6.16 Å². The van der Waals surface area contributed by atoms with E-state index < -0.39 is 59.4 Å². The first-order chi connectivity index (χ1) is 20.6. The van der Waals surface area contributed by atoms with E-state index in [1.54, 1.807) is 6.92 Å². The second-order valence-corrected chi connectivity index (χ2v) is 10.6. The highest BCUT2D eigenvalue weighted by atomic mass is 19.1. The molecule has 0 spiro atoms. The molecule has 3 aliphatic rings. The maximum absolute atomic E-state index is 14.1. The number of hydrogen-bond acceptors (Lipinski definition) is 10. The van der Waals surface area contributed by atoms with Crippen molar-refractivity contribution in [3.8, 4) is 5.75 Å². The Morgan fingerprint density at radius 2 is 1.88 bits per heavy atom. The van der Waals surface area contributed by atoms with Crippen LogP contribution >= 0.6 is 0 Å². The van der Waals surface area contributed by atoms with Crippen LogP contribution in [0.1, 0.15) is 33.3 Å². The van der Waals surface area contributed by atoms with Crippen LogP contribution in [-0.2, 0) is 27.3 Å². The maximum Gasteiger partial charge on any atom is 0.511 e. The molecule has 3 aliphatic heterocycles. The highest BCUT2D eigenvalue weighted by molar-refractivity contribution is 5.99. The molecule has 5 rings (SSSR count). The summed E-state index contributed by atoms with van der Waals surface area (Å²) >= 11 is 0. The Balaban J connectivity index is 1.29. The number of carbonyl (C=O) groups is 3. The molecule has 0 saturated carbocycles. The van der Waals surface area contributed by atoms with E-state index in [0.717, 1.165) is 32.2 Å². The average molecular weight is 606 g/mol. The van der Waals surface area contributed by atoms with Crippen LogP contribution in [0, 0.1) is 11.6 Å². The molecule has 4 heterocycles. The summed E-state index contributed by atoms with van der Waals surface area (Å²) in [6.07, 6.45) is -0.442. The van der Waals surface area contributed by atoms with Crippen molar-refractivity contribution in [1.29, 1.82) is 0 Å². The largest absolute Gasteiger partial charge is 0.511 e. The van der Waals surface area contributed by atoms with Gasteiger partial charge in [0, 0.05) is 57.1 Å². The van der Waals surface area contributed by atoms with Crippen LogP contribution in [-0.4, -0.2) is 109 Å². The maximum atomic E-state index is 14.1. The fraction of sp³-hybridized carbons (Fsp3) is 0.500. The van der Waals surface area contributed by atoms with Crippen LogP contribution in [0.25, 0.3) is 0 Å². The smallest absolute Gasteiger partial charge is 0.451 e. The Hall–Kier alpha value is -4.08. The topological polar surface area (TPSA) is 132 Å². The van der Waals surface area contributed by atoms with Gasteiger partial charge in [-0.25, -0.2) is 13.6 Å². The molecular weight excluding hydrogens is 572 g/mol. The van der Waals surface area contributed by atoms with Crippen molar-refractivity contribution in [2.45, 2.75) is 32.3 Å². The number of benzene rings is 1. The van der Waals surface area contributed by atoms with Crippen LogP contribution < -0.4 is 15.5 Å². The van der Waals surface area contributed by atoms with Gasteiger partial charge in [-0.3, -0.25) is 19.3 Å². The molecule has 2 aromatic rings. The van der Waals surface area contributed by atoms with Crippen LogP contribution in [0.5, 0.6) is 5.75 Å². The summed E-state index contributed by atoms with van der Waals surface area (Å²) in [7, 11) is 2.04. The predicted octanol–water partition coefficient (Wildman–Crippen LogP) is 0.994. The van der Waals surface area contributed by atoms with E-state index in [2.05, 4.69) is 15.1 Å². The molecular formula is C28H33F2N5O8. The molecule has 2 amide bonds. The molecule has 15 heteroatoms. The molecule has 0 radical (unpaired) electrons. The van der Waals surface area contributed by atoms with E-state index in [-0.39, 0.29) is 43.6 Å². The number of fused-ring (bicyclic) bond motifs is 2. The third-order valence-electron chi connectivity index (χ3n) is 7.65. The van der Waals surface area contributed by atoms with Gasteiger partial charge < -0.3 is 38.6 Å². The zero-order valence-electron chi connectivity index (χ0n) is 23.8. The molecule has 1 aromatic carbocycles. The molecule has 0 aliphatic carbocycles. The lowest BCUT2D eigenvalue weighted by Gasteiger charge is -2.34. The Labute approximate surface area is 245 Å². The number of nitrogens with zero attached hydrogens (tertiary/aromatic N) is 4. The van der Waals surface area contributed by atoms with Gasteiger partial charge in [0.25, 0.3) is 11.8 Å². The van der Waals surface area contributed by atoms with Gasteiger partial charge in [-0.15, -0.1) is 0 Å². The molecule has 0 unspecified atom stereocenters. The predicted molar refractivity (Wildman–Crippen MR) is 145 cm³/mol. The lowest BCUT2D eigenvalue weighted by molar-refractivity contribution is -0.00457. The van der Waals surface area contributed by atoms with Gasteiger partial charge in [0.1, 0.15) is 23.8 Å². The molecule has 1 N–H and O–H groups in total. The number of likely N-dealkylation sites (N-methyl/N-ethyl adjacent to an activating group) is 1. The number of rotatable bonds is 9. The van der Waals surface area contributed by atoms with Crippen molar-refractivity contribution in [2.75, 3.05) is 59.8 Å². The van der Waals surface area contributed by atoms with Gasteiger partial charge in [0.05, 0.1) is 19.2 Å². The van der Waals surface area contributed by atoms with E-state index >= 15 is 0 Å². The fourth-order valence-corrected chi connectivity index (χ4v) is 5.20. The molecule has 0 bridgehead atoms. The molecule has 2 atom stereocenters. The van der Waals surface area contributed by atoms with E-state index in [1.165, 1.54) is 21.7 Å². The SMILES string of the molecule is C[C@H]1CO[C@@H]2Cn3cc(C(=O)NCc4ccc(F)cc4F)c(=O)c(OCOC(=O)OCCN4CCN(C)CC4)c3C(=O)N12. The number of nitrogens with one attached hydrogen (secondary N) is 1. The number of ether oxygens (including phenoxy) is 4. The standard InChI is InChI=1S/C28H33F2N5O8/c1-17-15-41-22-14-34-13-20(26(37)31-12-18-3-4-19(29)11-21(18)30)24(36)25(23(34)27(38)35(17)22)42-16-43-28(39)40-10-9-33-7-5-32(2)6-8-33/h3-4,11,13,17,22H,5-10,12,14-16H2,1-2H3,(H,31,37)/t17-,22+/m0/s1. The van der Waals surface area contributed by atoms with E-state index in [9.17, 15) is 28.0 Å². The summed E-state index contributed by atoms with van der Waals surface area (Å²) in [5, 5.41) is 2.43. The van der Waals surface area contributed by atoms with Crippen molar-refractivity contribution in [2.24, 2.45) is 0 Å². The van der Waals surface area contributed by atoms with Crippen molar-refractivity contribution in [1.82, 2.24) is 24.6 Å². The van der Waals surface area contributed by atoms with Gasteiger partial charge in [-0.1, -0.05) is 6.07 Å². The zero-order valence-corrected chi connectivity index (χ0v) is 23.8. The van der Waals surface area contributed by atoms with Crippen LogP contribution in [0.2, 0.25) is 0 Å². The molecule has 43 heavy (non-hydrogen) atoms. The minimum absolute atomic E-state index is 0.00276. The summed E-state index contributed by atoms with van der Waals surface area (Å²) in [5.74, 6) is -3.56. The lowest BCUT2D eigenvalue weighted by Crippen LogP contribution is -2.49. The third-order valence-corrected chi connectivity index (χ3v) is 7.65. The Kier molecular flexibility index (Phi) is 9.22. The monoisotopic (exact) mass is 605 g/mol. The van der Waals surface area contributed by atoms with Gasteiger partial charge in [-0.2, -0.15) is 0 Å². The molecule has 2 saturated heterocycles. The van der Waals surface area contributed by atoms with Crippen LogP contribution in [0.15, 0.2) is 29.2 Å². The van der Waals surface area contributed by atoms with E-state index in [4.69, 9.17) is 18.9 Å². The number of amides is 2. The van der Waals surface area contributed by atoms with Gasteiger partial charge in [0.2, 0.25) is 18.0 Å². The number of piperazine rings is 1. The summed E-state index contributed by atoms with van der Waals surface area (Å²) in [4.78, 5) is 57.9. The first-order valence-electron chi connectivity index (χ1n) is 13.9. The number of aromatic nitrogens is 1. The van der Waals surface area contributed by atoms with Crippen molar-refractivity contribution in [3.63, 3.8) is 0 Å². The zero-order chi connectivity index (χ0) is 30.7. The third kappa shape index (κ3) is 6.78. The second-order valence-electron chi connectivity index (χ2n) is 10.6. The number of halogens is 2. The second kappa shape index (κ2) is 13.1. The summed E-state index contributed by atoms with van der Waals surface area (Å²) < 4.78 is 50.0. The van der Waals surface area contributed by atoms with Crippen LogP contribution in [0.3, 0.4) is 0 Å². The Morgan fingerprint density at radius 3 is 2.63 bits per heavy atom. The van der Waals surface area contributed by atoms with Crippen LogP contribution in [0.4, 0.5) is 13.6 Å². The number of hydrogen-bond donors (Lipinski definition) is 1.